The molecule has 0 saturated carbocycles. The van der Waals surface area contributed by atoms with Crippen LogP contribution in [0.3, 0.4) is 0 Å². The number of halogens is 3. The summed E-state index contributed by atoms with van der Waals surface area (Å²) in [7, 11) is 0. The van der Waals surface area contributed by atoms with E-state index in [0.717, 1.165) is 17.7 Å². The largest absolute Gasteiger partial charge is 0.416 e. The van der Waals surface area contributed by atoms with Gasteiger partial charge in [0.2, 0.25) is 0 Å². The molecule has 1 aromatic rings. The topological polar surface area (TPSA) is 32.3 Å². The van der Waals surface area contributed by atoms with Crippen LogP contribution in [0, 0.1) is 0 Å². The van der Waals surface area contributed by atoms with Crippen molar-refractivity contribution in [2.45, 2.75) is 45.1 Å². The van der Waals surface area contributed by atoms with Crippen molar-refractivity contribution in [2.75, 3.05) is 0 Å². The molecular weight excluding hydrogens is 243 g/mol. The number of alkyl halides is 3. The highest BCUT2D eigenvalue weighted by Crippen LogP contribution is 2.29. The van der Waals surface area contributed by atoms with Gasteiger partial charge in [-0.2, -0.15) is 13.2 Å². The standard InChI is InChI=1S/C13H18F3NO/c1-9(18)12(2,3)17-8-10-4-6-11(7-5-10)13(14,15)16/h4-7,9,17-18H,8H2,1-3H3. The number of aliphatic hydroxyl groups is 1. The lowest BCUT2D eigenvalue weighted by atomic mass is 9.98. The lowest BCUT2D eigenvalue weighted by molar-refractivity contribution is -0.137. The van der Waals surface area contributed by atoms with Crippen LogP contribution in [-0.4, -0.2) is 16.7 Å². The number of benzene rings is 1. The molecule has 0 heterocycles. The molecule has 1 rings (SSSR count). The Hall–Kier alpha value is -1.07. The molecule has 2 nitrogen and oxygen atoms in total. The third kappa shape index (κ3) is 3.99. The van der Waals surface area contributed by atoms with Gasteiger partial charge in [-0.3, -0.25) is 0 Å². The van der Waals surface area contributed by atoms with E-state index in [1.54, 1.807) is 6.92 Å². The summed E-state index contributed by atoms with van der Waals surface area (Å²) >= 11 is 0. The van der Waals surface area contributed by atoms with E-state index in [4.69, 9.17) is 0 Å². The Bertz CT molecular complexity index is 382. The van der Waals surface area contributed by atoms with Crippen LogP contribution in [0.1, 0.15) is 31.9 Å². The van der Waals surface area contributed by atoms with Crippen LogP contribution >= 0.6 is 0 Å². The van der Waals surface area contributed by atoms with Gasteiger partial charge in [-0.25, -0.2) is 0 Å². The summed E-state index contributed by atoms with van der Waals surface area (Å²) in [5.74, 6) is 0. The molecule has 2 N–H and O–H groups in total. The zero-order valence-corrected chi connectivity index (χ0v) is 10.7. The van der Waals surface area contributed by atoms with Crippen LogP contribution < -0.4 is 5.32 Å². The molecule has 0 aliphatic heterocycles. The number of hydrogen-bond acceptors (Lipinski definition) is 2. The molecule has 5 heteroatoms. The number of nitrogens with one attached hydrogen (secondary N) is 1. The monoisotopic (exact) mass is 261 g/mol. The third-order valence-corrected chi connectivity index (χ3v) is 3.07. The smallest absolute Gasteiger partial charge is 0.392 e. The van der Waals surface area contributed by atoms with E-state index in [-0.39, 0.29) is 0 Å². The average molecular weight is 261 g/mol. The van der Waals surface area contributed by atoms with E-state index in [1.165, 1.54) is 12.1 Å². The van der Waals surface area contributed by atoms with E-state index in [2.05, 4.69) is 5.32 Å². The molecule has 0 aliphatic carbocycles. The zero-order valence-electron chi connectivity index (χ0n) is 10.7. The van der Waals surface area contributed by atoms with Crippen molar-refractivity contribution in [2.24, 2.45) is 0 Å². The van der Waals surface area contributed by atoms with Crippen LogP contribution in [-0.2, 0) is 12.7 Å². The average Bonchev–Trinajstić information content (AvgIpc) is 2.25. The van der Waals surface area contributed by atoms with E-state index in [1.807, 2.05) is 13.8 Å². The second-order valence-corrected chi connectivity index (χ2v) is 4.95. The Kier molecular flexibility index (Phi) is 4.40. The first kappa shape index (κ1) is 15.0. The van der Waals surface area contributed by atoms with Crippen LogP contribution in [0.2, 0.25) is 0 Å². The summed E-state index contributed by atoms with van der Waals surface area (Å²) in [6, 6.07) is 5.00. The van der Waals surface area contributed by atoms with E-state index >= 15 is 0 Å². The van der Waals surface area contributed by atoms with Gasteiger partial charge >= 0.3 is 6.18 Å². The first-order valence-electron chi connectivity index (χ1n) is 5.72. The maximum absolute atomic E-state index is 12.4. The summed E-state index contributed by atoms with van der Waals surface area (Å²) in [5, 5.41) is 12.6. The second-order valence-electron chi connectivity index (χ2n) is 4.95. The van der Waals surface area contributed by atoms with Gasteiger partial charge in [0.15, 0.2) is 0 Å². The fraction of sp³-hybridized carbons (Fsp3) is 0.538. The molecule has 1 atom stereocenters. The summed E-state index contributed by atoms with van der Waals surface area (Å²) in [5.41, 5.74) is -0.388. The normalized spacial score (nSPS) is 14.6. The Balaban J connectivity index is 2.65. The lowest BCUT2D eigenvalue weighted by Gasteiger charge is -2.29. The minimum Gasteiger partial charge on any atom is -0.392 e. The molecule has 102 valence electrons. The number of hydrogen-bond donors (Lipinski definition) is 2. The van der Waals surface area contributed by atoms with Gasteiger partial charge in [0.25, 0.3) is 0 Å². The molecule has 0 amide bonds. The maximum Gasteiger partial charge on any atom is 0.416 e. The lowest BCUT2D eigenvalue weighted by Crippen LogP contribution is -2.47. The summed E-state index contributed by atoms with van der Waals surface area (Å²) < 4.78 is 37.1. The molecule has 0 bridgehead atoms. The van der Waals surface area contributed by atoms with Gasteiger partial charge in [0.1, 0.15) is 0 Å². The molecule has 0 aliphatic rings. The van der Waals surface area contributed by atoms with Crippen molar-refractivity contribution in [3.63, 3.8) is 0 Å². The Morgan fingerprint density at radius 3 is 2.06 bits per heavy atom. The highest BCUT2D eigenvalue weighted by molar-refractivity contribution is 5.24. The van der Waals surface area contributed by atoms with Gasteiger partial charge in [-0.05, 0) is 38.5 Å². The van der Waals surface area contributed by atoms with Gasteiger partial charge in [0, 0.05) is 12.1 Å². The first-order valence-corrected chi connectivity index (χ1v) is 5.72. The third-order valence-electron chi connectivity index (χ3n) is 3.07. The molecule has 0 fully saturated rings. The highest BCUT2D eigenvalue weighted by Gasteiger charge is 2.30. The van der Waals surface area contributed by atoms with Crippen LogP contribution in [0.15, 0.2) is 24.3 Å². The van der Waals surface area contributed by atoms with Crippen LogP contribution in [0.4, 0.5) is 13.2 Å². The SMILES string of the molecule is CC(O)C(C)(C)NCc1ccc(C(F)(F)F)cc1. The molecule has 1 unspecified atom stereocenters. The molecule has 18 heavy (non-hydrogen) atoms. The first-order chi connectivity index (χ1) is 8.13. The van der Waals surface area contributed by atoms with Crippen molar-refractivity contribution in [1.29, 1.82) is 0 Å². The fourth-order valence-electron chi connectivity index (χ4n) is 1.29. The van der Waals surface area contributed by atoms with Crippen molar-refractivity contribution < 1.29 is 18.3 Å². The van der Waals surface area contributed by atoms with E-state index < -0.39 is 23.4 Å². The molecule has 0 saturated heterocycles. The van der Waals surface area contributed by atoms with Crippen molar-refractivity contribution in [1.82, 2.24) is 5.32 Å². The highest BCUT2D eigenvalue weighted by atomic mass is 19.4. The molecule has 1 aromatic carbocycles. The van der Waals surface area contributed by atoms with E-state index in [9.17, 15) is 18.3 Å². The Morgan fingerprint density at radius 2 is 1.67 bits per heavy atom. The summed E-state index contributed by atoms with van der Waals surface area (Å²) in [6.45, 7) is 5.75. The van der Waals surface area contributed by atoms with Crippen LogP contribution in [0.25, 0.3) is 0 Å². The zero-order chi connectivity index (χ0) is 14.0. The predicted octanol–water partition coefficient (Wildman–Crippen LogP) is 2.95. The van der Waals surface area contributed by atoms with Gasteiger partial charge in [-0.1, -0.05) is 12.1 Å². The molecule has 0 aromatic heterocycles. The van der Waals surface area contributed by atoms with Gasteiger partial charge in [0.05, 0.1) is 11.7 Å². The molecular formula is C13H18F3NO. The minimum atomic E-state index is -4.30. The second kappa shape index (κ2) is 5.28. The fourth-order valence-corrected chi connectivity index (χ4v) is 1.29. The summed E-state index contributed by atoms with van der Waals surface area (Å²) in [4.78, 5) is 0. The van der Waals surface area contributed by atoms with Crippen molar-refractivity contribution in [3.8, 4) is 0 Å². The van der Waals surface area contributed by atoms with Gasteiger partial charge in [-0.15, -0.1) is 0 Å². The quantitative estimate of drug-likeness (QED) is 0.873. The molecule has 0 spiro atoms. The van der Waals surface area contributed by atoms with Crippen LogP contribution in [0.5, 0.6) is 0 Å². The number of aliphatic hydroxyl groups excluding tert-OH is 1. The van der Waals surface area contributed by atoms with Crippen molar-refractivity contribution >= 4 is 0 Å². The maximum atomic E-state index is 12.4. The van der Waals surface area contributed by atoms with Gasteiger partial charge < -0.3 is 10.4 Å². The van der Waals surface area contributed by atoms with Crippen molar-refractivity contribution in [3.05, 3.63) is 35.4 Å². The summed E-state index contributed by atoms with van der Waals surface area (Å²) in [6.07, 6.45) is -4.85. The minimum absolute atomic E-state index is 0.413. The van der Waals surface area contributed by atoms with E-state index in [0.29, 0.717) is 6.54 Å². The predicted molar refractivity (Wildman–Crippen MR) is 64.0 cm³/mol. The Morgan fingerprint density at radius 1 is 1.17 bits per heavy atom. The Labute approximate surface area is 105 Å². The number of rotatable bonds is 4. The molecule has 0 radical (unpaired) electrons.